The molecule has 2 unspecified atom stereocenters. The zero-order valence-electron chi connectivity index (χ0n) is 23.3. The summed E-state index contributed by atoms with van der Waals surface area (Å²) in [4.78, 5) is 12.3. The average Bonchev–Trinajstić information content (AvgIpc) is 2.84. The molecule has 6 nitrogen and oxygen atoms in total. The highest BCUT2D eigenvalue weighted by Crippen LogP contribution is 2.10. The van der Waals surface area contributed by atoms with Gasteiger partial charge in [0.25, 0.3) is 10.1 Å². The molecule has 0 saturated heterocycles. The Morgan fingerprint density at radius 3 is 1.84 bits per heavy atom. The van der Waals surface area contributed by atoms with Crippen molar-refractivity contribution in [3.8, 4) is 0 Å². The molecule has 0 radical (unpaired) electrons. The van der Waals surface area contributed by atoms with Gasteiger partial charge >= 0.3 is 0 Å². The minimum absolute atomic E-state index is 0.272. The molecule has 0 aliphatic carbocycles. The third-order valence-electron chi connectivity index (χ3n) is 5.97. The van der Waals surface area contributed by atoms with E-state index in [1.54, 1.807) is 6.08 Å². The van der Waals surface area contributed by atoms with Gasteiger partial charge in [-0.3, -0.25) is 9.35 Å². The van der Waals surface area contributed by atoms with E-state index in [4.69, 9.17) is 0 Å². The van der Waals surface area contributed by atoms with E-state index in [9.17, 15) is 22.9 Å². The lowest BCUT2D eigenvalue weighted by molar-refractivity contribution is -0.122. The fraction of sp³-hybridized carbons (Fsp3) is 0.700. The Morgan fingerprint density at radius 2 is 1.24 bits per heavy atom. The fourth-order valence-corrected chi connectivity index (χ4v) is 4.57. The first-order chi connectivity index (χ1) is 17.8. The van der Waals surface area contributed by atoms with Gasteiger partial charge < -0.3 is 10.4 Å². The van der Waals surface area contributed by atoms with E-state index in [2.05, 4.69) is 55.6 Å². The SMILES string of the molecule is CC/C=C/CC/C=C/CC/C=C/C(O)C(CS(=O)(=O)O)NC(=O)CCCCCCC/C=C\CCCCC. The summed E-state index contributed by atoms with van der Waals surface area (Å²) >= 11 is 0. The Hall–Kier alpha value is -1.70. The molecule has 0 heterocycles. The number of hydrogen-bond acceptors (Lipinski definition) is 4. The number of carbonyl (C=O) groups is 1. The molecule has 3 N–H and O–H groups in total. The van der Waals surface area contributed by atoms with Crippen LogP contribution in [0, 0.1) is 0 Å². The second kappa shape index (κ2) is 24.6. The zero-order chi connectivity index (χ0) is 27.6. The van der Waals surface area contributed by atoms with Gasteiger partial charge in [-0.2, -0.15) is 8.42 Å². The summed E-state index contributed by atoms with van der Waals surface area (Å²) in [6.07, 6.45) is 31.0. The third-order valence-corrected chi connectivity index (χ3v) is 6.75. The maximum Gasteiger partial charge on any atom is 0.267 e. The molecule has 2 atom stereocenters. The molecule has 214 valence electrons. The van der Waals surface area contributed by atoms with Gasteiger partial charge in [0, 0.05) is 6.42 Å². The van der Waals surface area contributed by atoms with Crippen molar-refractivity contribution in [1.29, 1.82) is 0 Å². The van der Waals surface area contributed by atoms with Crippen LogP contribution in [0.4, 0.5) is 0 Å². The van der Waals surface area contributed by atoms with Crippen LogP contribution in [0.2, 0.25) is 0 Å². The van der Waals surface area contributed by atoms with Crippen molar-refractivity contribution in [2.45, 2.75) is 129 Å². The Kier molecular flexibility index (Phi) is 23.5. The largest absolute Gasteiger partial charge is 0.387 e. The van der Waals surface area contributed by atoms with Crippen LogP contribution in [-0.2, 0) is 14.9 Å². The van der Waals surface area contributed by atoms with Gasteiger partial charge in [0.2, 0.25) is 5.91 Å². The van der Waals surface area contributed by atoms with E-state index < -0.39 is 28.0 Å². The summed E-state index contributed by atoms with van der Waals surface area (Å²) in [6.45, 7) is 4.32. The highest BCUT2D eigenvalue weighted by atomic mass is 32.2. The van der Waals surface area contributed by atoms with Crippen molar-refractivity contribution in [1.82, 2.24) is 5.32 Å². The number of hydrogen-bond donors (Lipinski definition) is 3. The maximum absolute atomic E-state index is 12.3. The minimum Gasteiger partial charge on any atom is -0.387 e. The summed E-state index contributed by atoms with van der Waals surface area (Å²) in [5, 5.41) is 13.0. The number of unbranched alkanes of at least 4 members (excludes halogenated alkanes) is 10. The van der Waals surface area contributed by atoms with Crippen LogP contribution < -0.4 is 5.32 Å². The Labute approximate surface area is 227 Å². The molecular formula is C30H53NO5S. The van der Waals surface area contributed by atoms with Crippen LogP contribution >= 0.6 is 0 Å². The van der Waals surface area contributed by atoms with E-state index >= 15 is 0 Å². The molecule has 0 saturated carbocycles. The van der Waals surface area contributed by atoms with E-state index in [0.29, 0.717) is 12.8 Å². The lowest BCUT2D eigenvalue weighted by Crippen LogP contribution is -2.46. The van der Waals surface area contributed by atoms with Gasteiger partial charge in [-0.1, -0.05) is 94.6 Å². The second-order valence-corrected chi connectivity index (χ2v) is 11.1. The predicted octanol–water partition coefficient (Wildman–Crippen LogP) is 7.23. The van der Waals surface area contributed by atoms with Crippen LogP contribution in [0.15, 0.2) is 48.6 Å². The van der Waals surface area contributed by atoms with Crippen LogP contribution in [0.5, 0.6) is 0 Å². The normalized spacial score (nSPS) is 14.4. The molecule has 0 fully saturated rings. The van der Waals surface area contributed by atoms with Crippen molar-refractivity contribution in [2.75, 3.05) is 5.75 Å². The third kappa shape index (κ3) is 25.7. The van der Waals surface area contributed by atoms with Gasteiger partial charge in [-0.25, -0.2) is 0 Å². The van der Waals surface area contributed by atoms with Gasteiger partial charge in [-0.15, -0.1) is 0 Å². The number of rotatable bonds is 24. The molecule has 37 heavy (non-hydrogen) atoms. The molecule has 0 bridgehead atoms. The standard InChI is InChI=1S/C30H53NO5S/c1-3-5-7-9-11-13-15-16-18-20-22-24-26-30(33)31-28(27-37(34,35)36)29(32)25-23-21-19-17-14-12-10-8-6-4-2/h6,8,11,13-14,17,23,25,28-29,32H,3-5,7,9-10,12,15-16,18-22,24,26-27H2,1-2H3,(H,31,33)(H,34,35,36)/b8-6+,13-11-,17-14+,25-23+. The molecule has 0 aromatic heterocycles. The van der Waals surface area contributed by atoms with Gasteiger partial charge in [0.1, 0.15) is 0 Å². The molecule has 0 rings (SSSR count). The lowest BCUT2D eigenvalue weighted by Gasteiger charge is -2.21. The first-order valence-corrected chi connectivity index (χ1v) is 15.9. The number of carbonyl (C=O) groups excluding carboxylic acids is 1. The topological polar surface area (TPSA) is 104 Å². The molecule has 7 heteroatoms. The van der Waals surface area contributed by atoms with Crippen LogP contribution in [-0.4, -0.2) is 41.9 Å². The Balaban J connectivity index is 4.23. The van der Waals surface area contributed by atoms with E-state index in [1.807, 2.05) is 0 Å². The van der Waals surface area contributed by atoms with E-state index in [1.165, 1.54) is 31.8 Å². The first kappa shape index (κ1) is 35.3. The van der Waals surface area contributed by atoms with Crippen LogP contribution in [0.1, 0.15) is 117 Å². The Morgan fingerprint density at radius 1 is 0.730 bits per heavy atom. The molecule has 0 aliphatic heterocycles. The number of allylic oxidation sites excluding steroid dienone is 7. The molecule has 0 spiro atoms. The maximum atomic E-state index is 12.3. The van der Waals surface area contributed by atoms with Gasteiger partial charge in [0.15, 0.2) is 0 Å². The predicted molar refractivity (Wildman–Crippen MR) is 156 cm³/mol. The number of amides is 1. The highest BCUT2D eigenvalue weighted by Gasteiger charge is 2.24. The summed E-state index contributed by atoms with van der Waals surface area (Å²) in [6, 6.07) is -1.08. The van der Waals surface area contributed by atoms with Crippen molar-refractivity contribution >= 4 is 16.0 Å². The minimum atomic E-state index is -4.34. The van der Waals surface area contributed by atoms with Gasteiger partial charge in [-0.05, 0) is 64.2 Å². The molecule has 0 aromatic rings. The quantitative estimate of drug-likeness (QED) is 0.0682. The van der Waals surface area contributed by atoms with Gasteiger partial charge in [0.05, 0.1) is 17.9 Å². The number of aliphatic hydroxyl groups excluding tert-OH is 1. The summed E-state index contributed by atoms with van der Waals surface area (Å²) in [5.74, 6) is -1.03. The summed E-state index contributed by atoms with van der Waals surface area (Å²) in [5.41, 5.74) is 0. The molecule has 0 aromatic carbocycles. The number of aliphatic hydroxyl groups is 1. The molecular weight excluding hydrogens is 486 g/mol. The van der Waals surface area contributed by atoms with Crippen molar-refractivity contribution in [2.24, 2.45) is 0 Å². The smallest absolute Gasteiger partial charge is 0.267 e. The molecule has 1 amide bonds. The lowest BCUT2D eigenvalue weighted by atomic mass is 10.1. The van der Waals surface area contributed by atoms with Crippen molar-refractivity contribution in [3.63, 3.8) is 0 Å². The monoisotopic (exact) mass is 539 g/mol. The average molecular weight is 540 g/mol. The first-order valence-electron chi connectivity index (χ1n) is 14.3. The van der Waals surface area contributed by atoms with Crippen LogP contribution in [0.3, 0.4) is 0 Å². The Bertz CT molecular complexity index is 771. The van der Waals surface area contributed by atoms with Crippen molar-refractivity contribution in [3.05, 3.63) is 48.6 Å². The van der Waals surface area contributed by atoms with Crippen molar-refractivity contribution < 1.29 is 22.9 Å². The van der Waals surface area contributed by atoms with E-state index in [-0.39, 0.29) is 12.3 Å². The van der Waals surface area contributed by atoms with E-state index in [0.717, 1.165) is 57.8 Å². The van der Waals surface area contributed by atoms with Crippen LogP contribution in [0.25, 0.3) is 0 Å². The summed E-state index contributed by atoms with van der Waals surface area (Å²) in [7, 11) is -4.34. The summed E-state index contributed by atoms with van der Waals surface area (Å²) < 4.78 is 32.0. The molecule has 0 aliphatic rings. The highest BCUT2D eigenvalue weighted by molar-refractivity contribution is 7.85. The second-order valence-electron chi connectivity index (χ2n) is 9.62. The fourth-order valence-electron chi connectivity index (χ4n) is 3.83. The zero-order valence-corrected chi connectivity index (χ0v) is 24.1. The number of nitrogens with one attached hydrogen (secondary N) is 1.